The van der Waals surface area contributed by atoms with Crippen molar-refractivity contribution in [2.45, 2.75) is 37.6 Å². The monoisotopic (exact) mass is 231 g/mol. The van der Waals surface area contributed by atoms with E-state index in [0.29, 0.717) is 0 Å². The lowest BCUT2D eigenvalue weighted by Crippen LogP contribution is -2.22. The van der Waals surface area contributed by atoms with E-state index in [1.807, 2.05) is 38.1 Å². The molecule has 1 saturated carbocycles. The maximum atomic E-state index is 10.4. The van der Waals surface area contributed by atoms with Crippen LogP contribution in [0, 0.1) is 0 Å². The van der Waals surface area contributed by atoms with Gasteiger partial charge in [-0.2, -0.15) is 4.99 Å². The molecule has 1 aromatic rings. The molecule has 3 heteroatoms. The van der Waals surface area contributed by atoms with Gasteiger partial charge in [0, 0.05) is 5.41 Å². The molecule has 0 radical (unpaired) electrons. The van der Waals surface area contributed by atoms with Crippen molar-refractivity contribution in [2.24, 2.45) is 4.99 Å². The zero-order valence-electron chi connectivity index (χ0n) is 10.2. The smallest absolute Gasteiger partial charge is 0.235 e. The maximum Gasteiger partial charge on any atom is 0.235 e. The van der Waals surface area contributed by atoms with Crippen molar-refractivity contribution in [2.75, 3.05) is 6.61 Å². The third-order valence-corrected chi connectivity index (χ3v) is 3.56. The maximum absolute atomic E-state index is 10.4. The summed E-state index contributed by atoms with van der Waals surface area (Å²) in [5.41, 5.74) is 1.53. The number of aliphatic hydroxyl groups is 1. The van der Waals surface area contributed by atoms with Gasteiger partial charge in [0.2, 0.25) is 6.08 Å². The van der Waals surface area contributed by atoms with Crippen LogP contribution in [0.2, 0.25) is 0 Å². The Hall–Kier alpha value is -1.44. The zero-order chi connectivity index (χ0) is 12.5. The Morgan fingerprint density at radius 1 is 1.47 bits per heavy atom. The summed E-state index contributed by atoms with van der Waals surface area (Å²) in [4.78, 5) is 14.4. The molecule has 90 valence electrons. The number of aliphatic hydroxyl groups excluding tert-OH is 1. The van der Waals surface area contributed by atoms with E-state index in [9.17, 15) is 9.90 Å². The zero-order valence-corrected chi connectivity index (χ0v) is 10.2. The van der Waals surface area contributed by atoms with Crippen LogP contribution in [0.5, 0.6) is 0 Å². The summed E-state index contributed by atoms with van der Waals surface area (Å²) in [7, 11) is 0. The molecule has 0 spiro atoms. The van der Waals surface area contributed by atoms with Gasteiger partial charge in [-0.3, -0.25) is 0 Å². The van der Waals surface area contributed by atoms with Crippen LogP contribution >= 0.6 is 0 Å². The van der Waals surface area contributed by atoms with Gasteiger partial charge in [-0.25, -0.2) is 4.79 Å². The molecule has 0 unspecified atom stereocenters. The van der Waals surface area contributed by atoms with E-state index in [1.165, 1.54) is 0 Å². The lowest BCUT2D eigenvalue weighted by atomic mass is 9.84. The summed E-state index contributed by atoms with van der Waals surface area (Å²) >= 11 is 0. The molecule has 0 heterocycles. The van der Waals surface area contributed by atoms with Gasteiger partial charge < -0.3 is 5.11 Å². The van der Waals surface area contributed by atoms with Gasteiger partial charge >= 0.3 is 0 Å². The number of hydrogen-bond donors (Lipinski definition) is 1. The van der Waals surface area contributed by atoms with Gasteiger partial charge in [-0.15, -0.1) is 0 Å². The van der Waals surface area contributed by atoms with Crippen LogP contribution in [0.25, 0.3) is 0 Å². The number of rotatable bonds is 4. The van der Waals surface area contributed by atoms with E-state index >= 15 is 0 Å². The minimum Gasteiger partial charge on any atom is -0.395 e. The number of isocyanates is 1. The third kappa shape index (κ3) is 2.17. The average molecular weight is 231 g/mol. The summed E-state index contributed by atoms with van der Waals surface area (Å²) < 4.78 is 0. The first kappa shape index (κ1) is 12.0. The van der Waals surface area contributed by atoms with Crippen molar-refractivity contribution in [1.82, 2.24) is 0 Å². The molecule has 0 aliphatic heterocycles. The van der Waals surface area contributed by atoms with E-state index < -0.39 is 0 Å². The molecule has 1 aliphatic rings. The van der Waals surface area contributed by atoms with Crippen molar-refractivity contribution in [3.05, 3.63) is 35.4 Å². The lowest BCUT2D eigenvalue weighted by Gasteiger charge is -2.23. The molecule has 0 bridgehead atoms. The average Bonchev–Trinajstić information content (AvgIpc) is 3.11. The van der Waals surface area contributed by atoms with Gasteiger partial charge in [0.25, 0.3) is 0 Å². The molecule has 0 amide bonds. The minimum atomic E-state index is -0.330. The van der Waals surface area contributed by atoms with Crippen molar-refractivity contribution in [1.29, 1.82) is 0 Å². The van der Waals surface area contributed by atoms with Gasteiger partial charge in [-0.05, 0) is 24.0 Å². The molecule has 0 atom stereocenters. The van der Waals surface area contributed by atoms with E-state index in [0.717, 1.165) is 24.0 Å². The predicted octanol–water partition coefficient (Wildman–Crippen LogP) is 2.28. The summed E-state index contributed by atoms with van der Waals surface area (Å²) in [5, 5.41) is 9.37. The molecule has 1 N–H and O–H groups in total. The molecular formula is C14H17NO2. The topological polar surface area (TPSA) is 49.7 Å². The SMILES string of the molecule is CC(C)(CO)c1cccc(C2(N=C=O)CC2)c1. The molecule has 1 aliphatic carbocycles. The first-order valence-corrected chi connectivity index (χ1v) is 5.85. The Bertz CT molecular complexity index is 469. The van der Waals surface area contributed by atoms with Crippen LogP contribution in [0.3, 0.4) is 0 Å². The molecule has 0 aromatic heterocycles. The van der Waals surface area contributed by atoms with Crippen LogP contribution in [0.15, 0.2) is 29.3 Å². The van der Waals surface area contributed by atoms with Crippen molar-refractivity contribution < 1.29 is 9.90 Å². The molecule has 1 fully saturated rings. The Kier molecular flexibility index (Phi) is 2.90. The third-order valence-electron chi connectivity index (χ3n) is 3.56. The number of benzene rings is 1. The van der Waals surface area contributed by atoms with E-state index in [1.54, 1.807) is 6.08 Å². The second kappa shape index (κ2) is 4.10. The summed E-state index contributed by atoms with van der Waals surface area (Å²) in [5.74, 6) is 0. The fourth-order valence-electron chi connectivity index (χ4n) is 1.99. The first-order chi connectivity index (χ1) is 8.04. The van der Waals surface area contributed by atoms with Crippen LogP contribution < -0.4 is 0 Å². The van der Waals surface area contributed by atoms with Gasteiger partial charge in [0.15, 0.2) is 0 Å². The molecule has 2 rings (SSSR count). The number of hydrogen-bond acceptors (Lipinski definition) is 3. The Morgan fingerprint density at radius 3 is 2.71 bits per heavy atom. The highest BCUT2D eigenvalue weighted by Crippen LogP contribution is 2.49. The minimum absolute atomic E-state index is 0.0976. The summed E-state index contributed by atoms with van der Waals surface area (Å²) in [6.07, 6.45) is 3.48. The van der Waals surface area contributed by atoms with E-state index in [-0.39, 0.29) is 17.6 Å². The highest BCUT2D eigenvalue weighted by atomic mass is 16.3. The second-order valence-corrected chi connectivity index (χ2v) is 5.36. The Morgan fingerprint density at radius 2 is 2.18 bits per heavy atom. The summed E-state index contributed by atoms with van der Waals surface area (Å²) in [6.45, 7) is 4.09. The molecule has 0 saturated heterocycles. The van der Waals surface area contributed by atoms with Gasteiger partial charge in [0.05, 0.1) is 12.1 Å². The molecule has 17 heavy (non-hydrogen) atoms. The Balaban J connectivity index is 2.39. The van der Waals surface area contributed by atoms with Gasteiger partial charge in [-0.1, -0.05) is 38.1 Å². The number of carbonyl (C=O) groups excluding carboxylic acids is 1. The fourth-order valence-corrected chi connectivity index (χ4v) is 1.99. The van der Waals surface area contributed by atoms with E-state index in [4.69, 9.17) is 0 Å². The highest BCUT2D eigenvalue weighted by Gasteiger charge is 2.45. The van der Waals surface area contributed by atoms with Crippen molar-refractivity contribution >= 4 is 6.08 Å². The number of aliphatic imine (C=N–C) groups is 1. The quantitative estimate of drug-likeness (QED) is 0.638. The van der Waals surface area contributed by atoms with Crippen LogP contribution in [0.1, 0.15) is 37.8 Å². The normalized spacial score (nSPS) is 17.4. The molecule has 1 aromatic carbocycles. The van der Waals surface area contributed by atoms with Crippen LogP contribution in [0.4, 0.5) is 0 Å². The predicted molar refractivity (Wildman–Crippen MR) is 65.6 cm³/mol. The van der Waals surface area contributed by atoms with Crippen LogP contribution in [-0.4, -0.2) is 17.8 Å². The van der Waals surface area contributed by atoms with Gasteiger partial charge in [0.1, 0.15) is 0 Å². The lowest BCUT2D eigenvalue weighted by molar-refractivity contribution is 0.218. The summed E-state index contributed by atoms with van der Waals surface area (Å²) in [6, 6.07) is 8.00. The van der Waals surface area contributed by atoms with Crippen LogP contribution in [-0.2, 0) is 15.7 Å². The standard InChI is InChI=1S/C14H17NO2/c1-13(2,9-16)11-4-3-5-12(8-11)14(6-7-14)15-10-17/h3-5,8,16H,6-7,9H2,1-2H3. The second-order valence-electron chi connectivity index (χ2n) is 5.36. The number of nitrogens with zero attached hydrogens (tertiary/aromatic N) is 1. The van der Waals surface area contributed by atoms with Crippen molar-refractivity contribution in [3.8, 4) is 0 Å². The highest BCUT2D eigenvalue weighted by molar-refractivity contribution is 5.43. The van der Waals surface area contributed by atoms with E-state index in [2.05, 4.69) is 4.99 Å². The molecular weight excluding hydrogens is 214 g/mol. The van der Waals surface area contributed by atoms with Crippen molar-refractivity contribution in [3.63, 3.8) is 0 Å². The fraction of sp³-hybridized carbons (Fsp3) is 0.500. The first-order valence-electron chi connectivity index (χ1n) is 5.85. The largest absolute Gasteiger partial charge is 0.395 e. The Labute approximate surface area is 101 Å². The molecule has 3 nitrogen and oxygen atoms in total.